The van der Waals surface area contributed by atoms with Crippen LogP contribution in [0.3, 0.4) is 0 Å². The average molecular weight is 606 g/mol. The quantitative estimate of drug-likeness (QED) is 0.143. The number of carbonyl (C=O) groups excluding carboxylic acids is 2. The predicted molar refractivity (Wildman–Crippen MR) is 160 cm³/mol. The number of halogens is 1. The van der Waals surface area contributed by atoms with Gasteiger partial charge in [0.05, 0.1) is 21.2 Å². The van der Waals surface area contributed by atoms with Crippen LogP contribution in [-0.2, 0) is 14.8 Å². The van der Waals surface area contributed by atoms with Crippen LogP contribution in [0.15, 0.2) is 113 Å². The number of hydrogen-bond acceptors (Lipinski definition) is 7. The van der Waals surface area contributed by atoms with Gasteiger partial charge in [-0.3, -0.25) is 24.0 Å². The second-order valence-electron chi connectivity index (χ2n) is 8.88. The van der Waals surface area contributed by atoms with Gasteiger partial charge < -0.3 is 5.32 Å². The van der Waals surface area contributed by atoms with Gasteiger partial charge in [-0.15, -0.1) is 0 Å². The van der Waals surface area contributed by atoms with Crippen molar-refractivity contribution in [2.75, 3.05) is 16.2 Å². The highest BCUT2D eigenvalue weighted by Gasteiger charge is 2.27. The lowest BCUT2D eigenvalue weighted by Gasteiger charge is -2.23. The van der Waals surface area contributed by atoms with Crippen LogP contribution in [-0.4, -0.2) is 37.4 Å². The van der Waals surface area contributed by atoms with Crippen molar-refractivity contribution in [1.29, 1.82) is 0 Å². The Balaban J connectivity index is 1.51. The number of benzene rings is 4. The van der Waals surface area contributed by atoms with Gasteiger partial charge >= 0.3 is 0 Å². The third kappa shape index (κ3) is 7.36. The number of hydrogen-bond donors (Lipinski definition) is 2. The molecular formula is C29H24ClN5O6S. The fourth-order valence-electron chi connectivity index (χ4n) is 3.81. The fraction of sp³-hybridized carbons (Fsp3) is 0.0690. The van der Waals surface area contributed by atoms with Crippen LogP contribution in [0.25, 0.3) is 0 Å². The van der Waals surface area contributed by atoms with E-state index in [4.69, 9.17) is 11.6 Å². The van der Waals surface area contributed by atoms with Crippen LogP contribution in [0, 0.1) is 10.1 Å². The van der Waals surface area contributed by atoms with Gasteiger partial charge in [0.15, 0.2) is 0 Å². The van der Waals surface area contributed by atoms with Crippen LogP contribution in [0.5, 0.6) is 0 Å². The molecule has 4 aromatic rings. The van der Waals surface area contributed by atoms with Crippen molar-refractivity contribution in [1.82, 2.24) is 5.43 Å². The normalized spacial score (nSPS) is 11.4. The first kappa shape index (κ1) is 29.9. The summed E-state index contributed by atoms with van der Waals surface area (Å²) in [5.41, 5.74) is 4.02. The number of nitrogens with one attached hydrogen (secondary N) is 2. The fourth-order valence-corrected chi connectivity index (χ4v) is 5.44. The van der Waals surface area contributed by atoms with Crippen LogP contribution in [0.2, 0.25) is 5.02 Å². The Morgan fingerprint density at radius 1 is 0.905 bits per heavy atom. The molecule has 0 bridgehead atoms. The van der Waals surface area contributed by atoms with Gasteiger partial charge in [-0.25, -0.2) is 13.8 Å². The van der Waals surface area contributed by atoms with Crippen molar-refractivity contribution in [3.05, 3.63) is 129 Å². The van der Waals surface area contributed by atoms with Gasteiger partial charge in [0, 0.05) is 28.4 Å². The van der Waals surface area contributed by atoms with Crippen LogP contribution in [0.1, 0.15) is 22.8 Å². The molecule has 11 nitrogen and oxygen atoms in total. The molecule has 0 aliphatic heterocycles. The molecule has 0 atom stereocenters. The summed E-state index contributed by atoms with van der Waals surface area (Å²) in [6, 6.07) is 25.6. The Hall–Kier alpha value is -5.07. The number of hydrazone groups is 1. The minimum atomic E-state index is -4.21. The molecule has 2 amide bonds. The summed E-state index contributed by atoms with van der Waals surface area (Å²) < 4.78 is 27.7. The Labute approximate surface area is 246 Å². The standard InChI is InChI=1S/C29H24ClN5O6S/c1-20(21-7-6-10-24(18-21)31-29(37)22-8-5-9-23(30)17-22)32-33-28(36)19-34(25-13-15-26(16-14-25)35(38)39)42(40,41)27-11-3-2-4-12-27/h2-18H,19H2,1H3,(H,31,37)(H,33,36)/b32-20-. The smallest absolute Gasteiger partial charge is 0.269 e. The molecule has 0 aromatic heterocycles. The number of nitro groups is 1. The van der Waals surface area contributed by atoms with E-state index < -0.39 is 27.4 Å². The van der Waals surface area contributed by atoms with E-state index in [9.17, 15) is 28.1 Å². The largest absolute Gasteiger partial charge is 0.322 e. The molecular weight excluding hydrogens is 582 g/mol. The third-order valence-corrected chi connectivity index (χ3v) is 7.96. The molecule has 42 heavy (non-hydrogen) atoms. The first-order chi connectivity index (χ1) is 20.0. The Bertz CT molecular complexity index is 1760. The molecule has 0 saturated carbocycles. The third-order valence-electron chi connectivity index (χ3n) is 5.94. The Morgan fingerprint density at radius 2 is 1.57 bits per heavy atom. The van der Waals surface area contributed by atoms with Crippen molar-refractivity contribution < 1.29 is 22.9 Å². The van der Waals surface area contributed by atoms with E-state index in [0.29, 0.717) is 27.5 Å². The number of sulfonamides is 1. The molecule has 4 rings (SSSR count). The first-order valence-corrected chi connectivity index (χ1v) is 14.2. The molecule has 0 radical (unpaired) electrons. The summed E-state index contributed by atoms with van der Waals surface area (Å²) >= 11 is 5.97. The second-order valence-corrected chi connectivity index (χ2v) is 11.2. The van der Waals surface area contributed by atoms with Gasteiger partial charge in [-0.05, 0) is 67.1 Å². The van der Waals surface area contributed by atoms with Gasteiger partial charge in [-0.2, -0.15) is 5.10 Å². The number of anilines is 2. The summed E-state index contributed by atoms with van der Waals surface area (Å²) in [4.78, 5) is 35.9. The first-order valence-electron chi connectivity index (χ1n) is 12.4. The van der Waals surface area contributed by atoms with Crippen molar-refractivity contribution in [3.63, 3.8) is 0 Å². The van der Waals surface area contributed by atoms with Gasteiger partial charge in [0.2, 0.25) is 0 Å². The summed E-state index contributed by atoms with van der Waals surface area (Å²) in [7, 11) is -4.21. The molecule has 0 aliphatic carbocycles. The van der Waals surface area contributed by atoms with Crippen LogP contribution in [0.4, 0.5) is 17.1 Å². The van der Waals surface area contributed by atoms with Crippen LogP contribution < -0.4 is 15.0 Å². The highest BCUT2D eigenvalue weighted by Crippen LogP contribution is 2.25. The van der Waals surface area contributed by atoms with E-state index in [2.05, 4.69) is 15.8 Å². The van der Waals surface area contributed by atoms with Crippen molar-refractivity contribution >= 4 is 56.2 Å². The van der Waals surface area contributed by atoms with E-state index in [1.165, 1.54) is 24.3 Å². The van der Waals surface area contributed by atoms with Crippen molar-refractivity contribution in [2.24, 2.45) is 5.10 Å². The zero-order valence-electron chi connectivity index (χ0n) is 22.1. The maximum absolute atomic E-state index is 13.4. The molecule has 4 aromatic carbocycles. The number of rotatable bonds is 10. The number of carbonyl (C=O) groups is 2. The van der Waals surface area contributed by atoms with Crippen molar-refractivity contribution in [2.45, 2.75) is 11.8 Å². The highest BCUT2D eigenvalue weighted by molar-refractivity contribution is 7.92. The monoisotopic (exact) mass is 605 g/mol. The highest BCUT2D eigenvalue weighted by atomic mass is 35.5. The molecule has 0 fully saturated rings. The lowest BCUT2D eigenvalue weighted by molar-refractivity contribution is -0.384. The van der Waals surface area contributed by atoms with E-state index in [-0.39, 0.29) is 22.2 Å². The Morgan fingerprint density at radius 3 is 2.24 bits per heavy atom. The zero-order valence-corrected chi connectivity index (χ0v) is 23.7. The zero-order chi connectivity index (χ0) is 30.3. The topological polar surface area (TPSA) is 151 Å². The van der Waals surface area contributed by atoms with E-state index in [1.807, 2.05) is 0 Å². The van der Waals surface area contributed by atoms with E-state index >= 15 is 0 Å². The SMILES string of the molecule is C/C(=N/NC(=O)CN(c1ccc([N+](=O)[O-])cc1)S(=O)(=O)c1ccccc1)c1cccc(NC(=O)c2cccc(Cl)c2)c1. The average Bonchev–Trinajstić information content (AvgIpc) is 2.99. The molecule has 0 saturated heterocycles. The molecule has 214 valence electrons. The number of non-ortho nitro benzene ring substituents is 1. The van der Waals surface area contributed by atoms with E-state index in [1.54, 1.807) is 73.7 Å². The Kier molecular flexibility index (Phi) is 9.30. The van der Waals surface area contributed by atoms with Gasteiger partial charge in [-0.1, -0.05) is 48.0 Å². The van der Waals surface area contributed by atoms with Gasteiger partial charge in [0.1, 0.15) is 6.54 Å². The maximum Gasteiger partial charge on any atom is 0.269 e. The minimum absolute atomic E-state index is 0.0588. The molecule has 0 spiro atoms. The summed E-state index contributed by atoms with van der Waals surface area (Å²) in [5, 5.41) is 18.4. The molecule has 0 heterocycles. The van der Waals surface area contributed by atoms with Gasteiger partial charge in [0.25, 0.3) is 27.5 Å². The summed E-state index contributed by atoms with van der Waals surface area (Å²) in [6.45, 7) is 0.981. The molecule has 13 heteroatoms. The molecule has 0 unspecified atom stereocenters. The number of nitro benzene ring substituents is 1. The van der Waals surface area contributed by atoms with E-state index in [0.717, 1.165) is 16.4 Å². The predicted octanol–water partition coefficient (Wildman–Crippen LogP) is 5.24. The maximum atomic E-state index is 13.4. The minimum Gasteiger partial charge on any atom is -0.322 e. The lowest BCUT2D eigenvalue weighted by Crippen LogP contribution is -2.39. The number of amides is 2. The summed E-state index contributed by atoms with van der Waals surface area (Å²) in [6.07, 6.45) is 0. The van der Waals surface area contributed by atoms with Crippen molar-refractivity contribution in [3.8, 4) is 0 Å². The number of nitrogens with zero attached hydrogens (tertiary/aromatic N) is 3. The van der Waals surface area contributed by atoms with Crippen LogP contribution >= 0.6 is 11.6 Å². The summed E-state index contributed by atoms with van der Waals surface area (Å²) in [5.74, 6) is -1.11. The molecule has 2 N–H and O–H groups in total. The second kappa shape index (κ2) is 13.1. The molecule has 0 aliphatic rings. The lowest BCUT2D eigenvalue weighted by atomic mass is 10.1.